The lowest BCUT2D eigenvalue weighted by atomic mass is 10.2. The first-order valence-corrected chi connectivity index (χ1v) is 8.17. The Balaban J connectivity index is 2.08. The Morgan fingerprint density at radius 1 is 1.38 bits per heavy atom. The zero-order valence-electron chi connectivity index (χ0n) is 11.4. The van der Waals surface area contributed by atoms with E-state index in [0.717, 1.165) is 30.9 Å². The van der Waals surface area contributed by atoms with Gasteiger partial charge in [-0.1, -0.05) is 12.8 Å². The highest BCUT2D eigenvalue weighted by molar-refractivity contribution is 7.89. The van der Waals surface area contributed by atoms with E-state index in [4.69, 9.17) is 5.84 Å². The minimum absolute atomic E-state index is 0.00103. The van der Waals surface area contributed by atoms with Gasteiger partial charge in [-0.15, -0.1) is 0 Å². The van der Waals surface area contributed by atoms with Crippen LogP contribution in [0.3, 0.4) is 0 Å². The number of nitrogens with two attached hydrogens (primary N) is 1. The molecule has 0 saturated heterocycles. The largest absolute Gasteiger partial charge is 0.323 e. The summed E-state index contributed by atoms with van der Waals surface area (Å²) in [6, 6.07) is 3.41. The summed E-state index contributed by atoms with van der Waals surface area (Å²) in [5.74, 6) is 6.00. The number of nitrogen functional groups attached to an aromatic ring is 1. The molecule has 1 aliphatic rings. The van der Waals surface area contributed by atoms with Crippen LogP contribution in [0.2, 0.25) is 0 Å². The number of hydrazine groups is 1. The number of benzene rings is 1. The van der Waals surface area contributed by atoms with Gasteiger partial charge in [-0.2, -0.15) is 0 Å². The van der Waals surface area contributed by atoms with Gasteiger partial charge in [0, 0.05) is 18.7 Å². The van der Waals surface area contributed by atoms with Gasteiger partial charge in [-0.3, -0.25) is 16.0 Å². The van der Waals surface area contributed by atoms with E-state index in [1.54, 1.807) is 0 Å². The van der Waals surface area contributed by atoms with Gasteiger partial charge in [0.15, 0.2) is 0 Å². The maximum absolute atomic E-state index is 12.2. The van der Waals surface area contributed by atoms with E-state index in [1.165, 1.54) is 18.9 Å². The number of rotatable bonds is 8. The SMILES string of the molecule is NNc1cc([N+](=O)[O-])ccc1S(=O)(=O)NCCCC1CC1. The van der Waals surface area contributed by atoms with Crippen molar-refractivity contribution in [2.75, 3.05) is 12.0 Å². The molecule has 0 atom stereocenters. The highest BCUT2D eigenvalue weighted by Gasteiger charge is 2.22. The second-order valence-corrected chi connectivity index (χ2v) is 6.80. The van der Waals surface area contributed by atoms with Crippen LogP contribution in [-0.2, 0) is 10.0 Å². The van der Waals surface area contributed by atoms with Crippen LogP contribution in [0.5, 0.6) is 0 Å². The molecule has 1 aliphatic carbocycles. The van der Waals surface area contributed by atoms with Crippen molar-refractivity contribution in [3.63, 3.8) is 0 Å². The summed E-state index contributed by atoms with van der Waals surface area (Å²) >= 11 is 0. The third-order valence-corrected chi connectivity index (χ3v) is 4.92. The van der Waals surface area contributed by atoms with Crippen LogP contribution in [0.15, 0.2) is 23.1 Å². The Morgan fingerprint density at radius 3 is 2.67 bits per heavy atom. The molecular weight excluding hydrogens is 296 g/mol. The van der Waals surface area contributed by atoms with Crippen molar-refractivity contribution in [1.29, 1.82) is 0 Å². The highest BCUT2D eigenvalue weighted by Crippen LogP contribution is 2.33. The number of nitro benzene ring substituents is 1. The van der Waals surface area contributed by atoms with Gasteiger partial charge >= 0.3 is 0 Å². The molecule has 1 saturated carbocycles. The molecular formula is C12H18N4O4S. The molecule has 0 amide bonds. The van der Waals surface area contributed by atoms with Gasteiger partial charge in [-0.05, 0) is 24.8 Å². The van der Waals surface area contributed by atoms with Crippen LogP contribution in [0.1, 0.15) is 25.7 Å². The summed E-state index contributed by atoms with van der Waals surface area (Å²) in [4.78, 5) is 9.98. The van der Waals surface area contributed by atoms with Crippen LogP contribution >= 0.6 is 0 Å². The lowest BCUT2D eigenvalue weighted by Crippen LogP contribution is -2.26. The summed E-state index contributed by atoms with van der Waals surface area (Å²) in [5, 5.41) is 10.7. The van der Waals surface area contributed by atoms with Crippen molar-refractivity contribution in [2.45, 2.75) is 30.6 Å². The van der Waals surface area contributed by atoms with E-state index >= 15 is 0 Å². The molecule has 1 aromatic carbocycles. The fourth-order valence-corrected chi connectivity index (χ4v) is 3.28. The monoisotopic (exact) mass is 314 g/mol. The van der Waals surface area contributed by atoms with Crippen molar-refractivity contribution >= 4 is 21.4 Å². The molecule has 4 N–H and O–H groups in total. The Kier molecular flexibility index (Phi) is 4.76. The lowest BCUT2D eigenvalue weighted by molar-refractivity contribution is -0.384. The summed E-state index contributed by atoms with van der Waals surface area (Å²) in [6.07, 6.45) is 4.26. The number of sulfonamides is 1. The molecule has 0 aromatic heterocycles. The number of anilines is 1. The van der Waals surface area contributed by atoms with Gasteiger partial charge in [0.2, 0.25) is 10.0 Å². The summed E-state index contributed by atoms with van der Waals surface area (Å²) in [6.45, 7) is 0.347. The number of non-ortho nitro benzene ring substituents is 1. The second-order valence-electron chi connectivity index (χ2n) is 5.07. The Labute approximate surface area is 122 Å². The molecule has 1 aromatic rings. The predicted octanol–water partition coefficient (Wildman–Crippen LogP) is 1.35. The average Bonchev–Trinajstić information content (AvgIpc) is 3.27. The number of nitro groups is 1. The summed E-state index contributed by atoms with van der Waals surface area (Å²) in [7, 11) is -3.74. The topological polar surface area (TPSA) is 127 Å². The minimum Gasteiger partial charge on any atom is -0.323 e. The Bertz CT molecular complexity index is 628. The van der Waals surface area contributed by atoms with E-state index in [9.17, 15) is 18.5 Å². The first-order valence-electron chi connectivity index (χ1n) is 6.69. The molecule has 2 rings (SSSR count). The zero-order chi connectivity index (χ0) is 15.5. The third kappa shape index (κ3) is 4.13. The quantitative estimate of drug-likeness (QED) is 0.287. The maximum Gasteiger partial charge on any atom is 0.271 e. The minimum atomic E-state index is -3.74. The van der Waals surface area contributed by atoms with E-state index in [1.807, 2.05) is 0 Å². The first kappa shape index (κ1) is 15.7. The molecule has 116 valence electrons. The number of nitrogens with one attached hydrogen (secondary N) is 2. The molecule has 0 heterocycles. The predicted molar refractivity (Wildman–Crippen MR) is 78.1 cm³/mol. The lowest BCUT2D eigenvalue weighted by Gasteiger charge is -2.10. The molecule has 0 spiro atoms. The molecule has 0 radical (unpaired) electrons. The van der Waals surface area contributed by atoms with E-state index in [0.29, 0.717) is 6.54 Å². The van der Waals surface area contributed by atoms with Crippen molar-refractivity contribution in [1.82, 2.24) is 4.72 Å². The molecule has 0 bridgehead atoms. The van der Waals surface area contributed by atoms with Crippen LogP contribution in [-0.4, -0.2) is 19.9 Å². The molecule has 8 nitrogen and oxygen atoms in total. The molecule has 21 heavy (non-hydrogen) atoms. The molecule has 0 aliphatic heterocycles. The normalized spacial score (nSPS) is 14.9. The summed E-state index contributed by atoms with van der Waals surface area (Å²) in [5.41, 5.74) is 1.96. The van der Waals surface area contributed by atoms with Crippen LogP contribution in [0, 0.1) is 16.0 Å². The van der Waals surface area contributed by atoms with Crippen molar-refractivity contribution in [3.8, 4) is 0 Å². The third-order valence-electron chi connectivity index (χ3n) is 3.40. The number of nitrogens with zero attached hydrogens (tertiary/aromatic N) is 1. The fraction of sp³-hybridized carbons (Fsp3) is 0.500. The van der Waals surface area contributed by atoms with Crippen LogP contribution in [0.25, 0.3) is 0 Å². The number of hydrogen-bond donors (Lipinski definition) is 3. The Hall–Kier alpha value is -1.71. The molecule has 0 unspecified atom stereocenters. The van der Waals surface area contributed by atoms with E-state index in [2.05, 4.69) is 10.1 Å². The van der Waals surface area contributed by atoms with E-state index < -0.39 is 14.9 Å². The Morgan fingerprint density at radius 2 is 2.10 bits per heavy atom. The molecule has 9 heteroatoms. The van der Waals surface area contributed by atoms with Gasteiger partial charge < -0.3 is 5.43 Å². The average molecular weight is 314 g/mol. The van der Waals surface area contributed by atoms with Crippen LogP contribution < -0.4 is 16.0 Å². The number of hydrogen-bond acceptors (Lipinski definition) is 6. The van der Waals surface area contributed by atoms with Crippen molar-refractivity contribution in [3.05, 3.63) is 28.3 Å². The highest BCUT2D eigenvalue weighted by atomic mass is 32.2. The summed E-state index contributed by atoms with van der Waals surface area (Å²) < 4.78 is 26.8. The van der Waals surface area contributed by atoms with E-state index in [-0.39, 0.29) is 16.3 Å². The fourth-order valence-electron chi connectivity index (χ4n) is 2.06. The zero-order valence-corrected chi connectivity index (χ0v) is 12.2. The van der Waals surface area contributed by atoms with Crippen molar-refractivity contribution in [2.24, 2.45) is 11.8 Å². The maximum atomic E-state index is 12.2. The second kappa shape index (κ2) is 6.37. The smallest absolute Gasteiger partial charge is 0.271 e. The first-order chi connectivity index (χ1) is 9.94. The van der Waals surface area contributed by atoms with Crippen LogP contribution in [0.4, 0.5) is 11.4 Å². The van der Waals surface area contributed by atoms with Gasteiger partial charge in [0.1, 0.15) is 4.90 Å². The van der Waals surface area contributed by atoms with Crippen molar-refractivity contribution < 1.29 is 13.3 Å². The van der Waals surface area contributed by atoms with Gasteiger partial charge in [-0.25, -0.2) is 13.1 Å². The standard InChI is InChI=1S/C12H18N4O4S/c13-15-11-8-10(16(17)18)5-6-12(11)21(19,20)14-7-1-2-9-3-4-9/h5-6,8-9,14-15H,1-4,7,13H2. The molecule has 1 fully saturated rings. The van der Waals surface area contributed by atoms with Gasteiger partial charge in [0.05, 0.1) is 10.6 Å². The van der Waals surface area contributed by atoms with Gasteiger partial charge in [0.25, 0.3) is 5.69 Å².